The first-order valence-electron chi connectivity index (χ1n) is 4.21. The van der Waals surface area contributed by atoms with E-state index in [9.17, 15) is 9.50 Å². The van der Waals surface area contributed by atoms with E-state index in [1.54, 1.807) is 12.1 Å². The third-order valence-electron chi connectivity index (χ3n) is 2.00. The summed E-state index contributed by atoms with van der Waals surface area (Å²) in [5, 5.41) is 9.51. The predicted octanol–water partition coefficient (Wildman–Crippen LogP) is 1.33. The van der Waals surface area contributed by atoms with Gasteiger partial charge in [-0.25, -0.2) is 4.39 Å². The van der Waals surface area contributed by atoms with Gasteiger partial charge in [0.2, 0.25) is 0 Å². The van der Waals surface area contributed by atoms with Crippen LogP contribution in [0.3, 0.4) is 0 Å². The summed E-state index contributed by atoms with van der Waals surface area (Å²) in [6.07, 6.45) is -0.911. The molecule has 0 heterocycles. The van der Waals surface area contributed by atoms with E-state index in [0.717, 1.165) is 5.56 Å². The van der Waals surface area contributed by atoms with Gasteiger partial charge in [0.15, 0.2) is 0 Å². The van der Waals surface area contributed by atoms with Crippen molar-refractivity contribution in [1.82, 2.24) is 0 Å². The van der Waals surface area contributed by atoms with Crippen LogP contribution in [0.25, 0.3) is 0 Å². The van der Waals surface area contributed by atoms with Gasteiger partial charge in [0.1, 0.15) is 6.67 Å². The zero-order valence-electron chi connectivity index (χ0n) is 7.57. The zero-order valence-corrected chi connectivity index (χ0v) is 7.57. The monoisotopic (exact) mass is 183 g/mol. The van der Waals surface area contributed by atoms with E-state index in [-0.39, 0.29) is 0 Å². The molecule has 72 valence electrons. The second-order valence-corrected chi connectivity index (χ2v) is 3.17. The Balaban J connectivity index is 2.77. The number of nitrogens with two attached hydrogens (primary N) is 1. The fourth-order valence-electron chi connectivity index (χ4n) is 1.10. The summed E-state index contributed by atoms with van der Waals surface area (Å²) in [7, 11) is 0. The summed E-state index contributed by atoms with van der Waals surface area (Å²) in [4.78, 5) is 0. The summed E-state index contributed by atoms with van der Waals surface area (Å²) < 4.78 is 12.1. The molecule has 0 saturated heterocycles. The SMILES string of the molecule is Cc1ccc([C@@H](O)[C@H](N)CF)cc1. The highest BCUT2D eigenvalue weighted by Gasteiger charge is 2.15. The quantitative estimate of drug-likeness (QED) is 0.742. The number of aliphatic hydroxyl groups excluding tert-OH is 1. The third kappa shape index (κ3) is 2.50. The Hall–Kier alpha value is -0.930. The number of hydrogen-bond acceptors (Lipinski definition) is 2. The first-order chi connectivity index (χ1) is 6.15. The lowest BCUT2D eigenvalue weighted by atomic mass is 10.0. The Morgan fingerprint density at radius 2 is 1.92 bits per heavy atom. The molecule has 2 nitrogen and oxygen atoms in total. The van der Waals surface area contributed by atoms with Crippen LogP contribution in [0, 0.1) is 6.92 Å². The molecular formula is C10H14FNO. The van der Waals surface area contributed by atoms with E-state index < -0.39 is 18.8 Å². The van der Waals surface area contributed by atoms with E-state index in [1.807, 2.05) is 19.1 Å². The summed E-state index contributed by atoms with van der Waals surface area (Å²) >= 11 is 0. The lowest BCUT2D eigenvalue weighted by molar-refractivity contribution is 0.132. The second kappa shape index (κ2) is 4.35. The Kier molecular flexibility index (Phi) is 3.39. The van der Waals surface area contributed by atoms with Crippen LogP contribution in [0.15, 0.2) is 24.3 Å². The number of hydrogen-bond donors (Lipinski definition) is 2. The highest BCUT2D eigenvalue weighted by molar-refractivity contribution is 5.23. The highest BCUT2D eigenvalue weighted by atomic mass is 19.1. The molecule has 0 saturated carbocycles. The van der Waals surface area contributed by atoms with Crippen molar-refractivity contribution in [3.05, 3.63) is 35.4 Å². The Bertz CT molecular complexity index is 260. The molecule has 0 spiro atoms. The van der Waals surface area contributed by atoms with E-state index >= 15 is 0 Å². The molecule has 0 amide bonds. The van der Waals surface area contributed by atoms with Gasteiger partial charge in [0.05, 0.1) is 12.1 Å². The molecule has 2 atom stereocenters. The van der Waals surface area contributed by atoms with Gasteiger partial charge in [0, 0.05) is 0 Å². The Morgan fingerprint density at radius 3 is 2.38 bits per heavy atom. The molecule has 13 heavy (non-hydrogen) atoms. The summed E-state index contributed by atoms with van der Waals surface area (Å²) in [6.45, 7) is 1.24. The number of aliphatic hydroxyl groups is 1. The third-order valence-corrected chi connectivity index (χ3v) is 2.00. The van der Waals surface area contributed by atoms with Crippen molar-refractivity contribution in [2.45, 2.75) is 19.1 Å². The van der Waals surface area contributed by atoms with Crippen LogP contribution in [0.2, 0.25) is 0 Å². The number of benzene rings is 1. The van der Waals surface area contributed by atoms with Crippen LogP contribution >= 0.6 is 0 Å². The van der Waals surface area contributed by atoms with E-state index in [0.29, 0.717) is 5.56 Å². The largest absolute Gasteiger partial charge is 0.387 e. The molecule has 1 aromatic rings. The first kappa shape index (κ1) is 10.2. The number of alkyl halides is 1. The van der Waals surface area contributed by atoms with Gasteiger partial charge in [-0.1, -0.05) is 29.8 Å². The summed E-state index contributed by atoms with van der Waals surface area (Å²) in [5.41, 5.74) is 7.13. The Labute approximate surface area is 77.2 Å². The maximum absolute atomic E-state index is 12.1. The molecule has 0 aliphatic heterocycles. The standard InChI is InChI=1S/C10H14FNO/c1-7-2-4-8(5-3-7)10(13)9(12)6-11/h2-5,9-10,13H,6,12H2,1H3/t9-,10-/m1/s1. The summed E-state index contributed by atoms with van der Waals surface area (Å²) in [6, 6.07) is 6.42. The number of aryl methyl sites for hydroxylation is 1. The van der Waals surface area contributed by atoms with Crippen LogP contribution in [-0.4, -0.2) is 17.8 Å². The lowest BCUT2D eigenvalue weighted by Gasteiger charge is -2.15. The molecule has 1 aromatic carbocycles. The van der Waals surface area contributed by atoms with Crippen LogP contribution < -0.4 is 5.73 Å². The average molecular weight is 183 g/mol. The van der Waals surface area contributed by atoms with Gasteiger partial charge < -0.3 is 10.8 Å². The van der Waals surface area contributed by atoms with E-state index in [4.69, 9.17) is 5.73 Å². The topological polar surface area (TPSA) is 46.2 Å². The first-order valence-corrected chi connectivity index (χ1v) is 4.21. The normalized spacial score (nSPS) is 15.4. The van der Waals surface area contributed by atoms with Crippen molar-refractivity contribution < 1.29 is 9.50 Å². The molecule has 1 rings (SSSR count). The highest BCUT2D eigenvalue weighted by Crippen LogP contribution is 2.16. The van der Waals surface area contributed by atoms with Crippen molar-refractivity contribution in [2.75, 3.05) is 6.67 Å². The second-order valence-electron chi connectivity index (χ2n) is 3.17. The molecule has 0 aliphatic rings. The van der Waals surface area contributed by atoms with Crippen molar-refractivity contribution in [3.63, 3.8) is 0 Å². The smallest absolute Gasteiger partial charge is 0.107 e. The maximum Gasteiger partial charge on any atom is 0.107 e. The molecule has 0 aliphatic carbocycles. The summed E-state index contributed by atoms with van der Waals surface area (Å²) in [5.74, 6) is 0. The average Bonchev–Trinajstić information content (AvgIpc) is 2.17. The fourth-order valence-corrected chi connectivity index (χ4v) is 1.10. The minimum absolute atomic E-state index is 0.663. The molecular weight excluding hydrogens is 169 g/mol. The fraction of sp³-hybridized carbons (Fsp3) is 0.400. The lowest BCUT2D eigenvalue weighted by Crippen LogP contribution is -2.30. The molecule has 3 heteroatoms. The van der Waals surface area contributed by atoms with E-state index in [1.165, 1.54) is 0 Å². The molecule has 0 unspecified atom stereocenters. The van der Waals surface area contributed by atoms with Crippen LogP contribution in [0.5, 0.6) is 0 Å². The van der Waals surface area contributed by atoms with Gasteiger partial charge in [-0.3, -0.25) is 0 Å². The van der Waals surface area contributed by atoms with Crippen LogP contribution in [0.1, 0.15) is 17.2 Å². The minimum atomic E-state index is -0.911. The van der Waals surface area contributed by atoms with Gasteiger partial charge in [-0.2, -0.15) is 0 Å². The van der Waals surface area contributed by atoms with Crippen LogP contribution in [-0.2, 0) is 0 Å². The predicted molar refractivity (Wildman–Crippen MR) is 50.1 cm³/mol. The van der Waals surface area contributed by atoms with Gasteiger partial charge >= 0.3 is 0 Å². The minimum Gasteiger partial charge on any atom is -0.387 e. The molecule has 0 fully saturated rings. The van der Waals surface area contributed by atoms with Gasteiger partial charge in [-0.15, -0.1) is 0 Å². The van der Waals surface area contributed by atoms with Crippen LogP contribution in [0.4, 0.5) is 4.39 Å². The van der Waals surface area contributed by atoms with Crippen molar-refractivity contribution in [3.8, 4) is 0 Å². The molecule has 0 bridgehead atoms. The van der Waals surface area contributed by atoms with E-state index in [2.05, 4.69) is 0 Å². The molecule has 3 N–H and O–H groups in total. The van der Waals surface area contributed by atoms with Gasteiger partial charge in [-0.05, 0) is 12.5 Å². The van der Waals surface area contributed by atoms with Crippen molar-refractivity contribution >= 4 is 0 Å². The molecule has 0 aromatic heterocycles. The zero-order chi connectivity index (χ0) is 9.84. The molecule has 0 radical (unpaired) electrons. The van der Waals surface area contributed by atoms with Crippen molar-refractivity contribution in [2.24, 2.45) is 5.73 Å². The maximum atomic E-state index is 12.1. The van der Waals surface area contributed by atoms with Gasteiger partial charge in [0.25, 0.3) is 0 Å². The van der Waals surface area contributed by atoms with Crippen molar-refractivity contribution in [1.29, 1.82) is 0 Å². The number of halogens is 1. The Morgan fingerprint density at radius 1 is 1.38 bits per heavy atom. The number of rotatable bonds is 3.